The molecule has 94 valence electrons. The number of benzene rings is 1. The molecule has 0 aliphatic rings. The Morgan fingerprint density at radius 2 is 1.22 bits per heavy atom. The van der Waals surface area contributed by atoms with Crippen LogP contribution in [0.1, 0.15) is 20.7 Å². The minimum atomic E-state index is -0.742. The first-order valence-electron chi connectivity index (χ1n) is 4.84. The molecular weight excluding hydrogens is 240 g/mol. The molecule has 0 aliphatic heterocycles. The second-order valence-electron chi connectivity index (χ2n) is 3.37. The van der Waals surface area contributed by atoms with E-state index in [2.05, 4.69) is 10.6 Å². The topological polar surface area (TPSA) is 99.5 Å². The molecule has 0 radical (unpaired) electrons. The van der Waals surface area contributed by atoms with E-state index in [0.717, 1.165) is 14.1 Å². The van der Waals surface area contributed by atoms with Crippen molar-refractivity contribution in [1.29, 1.82) is 0 Å². The van der Waals surface area contributed by atoms with Crippen LogP contribution in [0, 0.1) is 9.81 Å². The molecule has 0 saturated carbocycles. The second kappa shape index (κ2) is 5.62. The Bertz CT molecular complexity index is 457. The van der Waals surface area contributed by atoms with Gasteiger partial charge in [0, 0.05) is 14.1 Å². The summed E-state index contributed by atoms with van der Waals surface area (Å²) in [5.41, 5.74) is -0.0554. The van der Waals surface area contributed by atoms with Crippen LogP contribution in [-0.2, 0) is 0 Å². The summed E-state index contributed by atoms with van der Waals surface area (Å²) in [4.78, 5) is 44.1. The number of carbonyl (C=O) groups is 2. The number of amides is 2. The Labute approximate surface area is 102 Å². The number of hydrogen-bond acceptors (Lipinski definition) is 6. The van der Waals surface area contributed by atoms with E-state index in [0.29, 0.717) is 10.0 Å². The highest BCUT2D eigenvalue weighted by molar-refractivity contribution is 6.06. The van der Waals surface area contributed by atoms with E-state index < -0.39 is 11.8 Å². The van der Waals surface area contributed by atoms with Crippen LogP contribution < -0.4 is 0 Å². The Balaban J connectivity index is 3.22. The van der Waals surface area contributed by atoms with Gasteiger partial charge in [0.1, 0.15) is 0 Å². The Kier molecular flexibility index (Phi) is 4.19. The van der Waals surface area contributed by atoms with E-state index in [9.17, 15) is 19.4 Å². The summed E-state index contributed by atoms with van der Waals surface area (Å²) < 4.78 is 0. The summed E-state index contributed by atoms with van der Waals surface area (Å²) in [5, 5.41) is 6.02. The summed E-state index contributed by atoms with van der Waals surface area (Å²) in [6, 6.07) is 5.76. The van der Waals surface area contributed by atoms with E-state index in [4.69, 9.17) is 0 Å². The average Bonchev–Trinajstić information content (AvgIpc) is 2.43. The predicted octanol–water partition coefficient (Wildman–Crippen LogP) is 1.19. The first-order valence-corrected chi connectivity index (χ1v) is 4.84. The molecule has 0 N–H and O–H groups in total. The Hall–Kier alpha value is -2.64. The van der Waals surface area contributed by atoms with Crippen LogP contribution in [-0.4, -0.2) is 35.9 Å². The highest BCUT2D eigenvalue weighted by Gasteiger charge is 2.22. The van der Waals surface area contributed by atoms with Crippen molar-refractivity contribution in [1.82, 2.24) is 10.0 Å². The lowest BCUT2D eigenvalue weighted by atomic mass is 10.1. The molecule has 0 spiro atoms. The van der Waals surface area contributed by atoms with Crippen LogP contribution in [0.15, 0.2) is 34.8 Å². The van der Waals surface area contributed by atoms with Crippen molar-refractivity contribution in [2.45, 2.75) is 0 Å². The molecule has 1 rings (SSSR count). The van der Waals surface area contributed by atoms with Crippen LogP contribution in [0.5, 0.6) is 0 Å². The molecule has 1 aromatic carbocycles. The predicted molar refractivity (Wildman–Crippen MR) is 62.2 cm³/mol. The molecule has 1 aromatic rings. The quantitative estimate of drug-likeness (QED) is 0.591. The normalized spacial score (nSPS) is 9.44. The van der Waals surface area contributed by atoms with Crippen molar-refractivity contribution in [3.8, 4) is 0 Å². The van der Waals surface area contributed by atoms with Gasteiger partial charge in [-0.15, -0.1) is 9.81 Å². The minimum absolute atomic E-state index is 0.0277. The Morgan fingerprint density at radius 3 is 1.50 bits per heavy atom. The van der Waals surface area contributed by atoms with E-state index in [-0.39, 0.29) is 11.1 Å². The molecule has 0 saturated heterocycles. The minimum Gasteiger partial charge on any atom is -0.267 e. The van der Waals surface area contributed by atoms with Crippen molar-refractivity contribution in [2.75, 3.05) is 14.1 Å². The molecule has 0 bridgehead atoms. The van der Waals surface area contributed by atoms with Crippen LogP contribution >= 0.6 is 0 Å². The van der Waals surface area contributed by atoms with Crippen molar-refractivity contribution in [3.63, 3.8) is 0 Å². The van der Waals surface area contributed by atoms with Gasteiger partial charge in [0.2, 0.25) is 0 Å². The van der Waals surface area contributed by atoms with Gasteiger partial charge in [-0.25, -0.2) is 0 Å². The summed E-state index contributed by atoms with van der Waals surface area (Å²) in [6.07, 6.45) is 0. The fourth-order valence-electron chi connectivity index (χ4n) is 1.28. The first kappa shape index (κ1) is 13.4. The van der Waals surface area contributed by atoms with Gasteiger partial charge in [0.05, 0.1) is 21.7 Å². The molecule has 0 unspecified atom stereocenters. The van der Waals surface area contributed by atoms with E-state index in [1.54, 1.807) is 0 Å². The molecular formula is C10H10N4O4. The molecule has 0 atom stereocenters. The van der Waals surface area contributed by atoms with E-state index in [1.807, 2.05) is 0 Å². The van der Waals surface area contributed by atoms with Gasteiger partial charge in [-0.2, -0.15) is 10.0 Å². The highest BCUT2D eigenvalue weighted by atomic mass is 16.3. The van der Waals surface area contributed by atoms with Crippen molar-refractivity contribution in [3.05, 3.63) is 45.2 Å². The van der Waals surface area contributed by atoms with Gasteiger partial charge < -0.3 is 0 Å². The number of nitrogens with zero attached hydrogens (tertiary/aromatic N) is 4. The zero-order valence-corrected chi connectivity index (χ0v) is 9.73. The molecule has 2 amide bonds. The average molecular weight is 250 g/mol. The summed E-state index contributed by atoms with van der Waals surface area (Å²) >= 11 is 0. The van der Waals surface area contributed by atoms with Gasteiger partial charge >= 0.3 is 0 Å². The lowest BCUT2D eigenvalue weighted by Gasteiger charge is -2.12. The summed E-state index contributed by atoms with van der Waals surface area (Å²) in [6.45, 7) is 0. The standard InChI is InChI=1S/C10H10N4O4/c1-13(11-17)9(15)7-5-3-4-6-8(7)10(16)14(2)12-18/h3-6H,1-2H3. The third-order valence-electron chi connectivity index (χ3n) is 2.22. The highest BCUT2D eigenvalue weighted by Crippen LogP contribution is 2.13. The number of rotatable bonds is 4. The smallest absolute Gasteiger partial charge is 0.267 e. The number of carbonyl (C=O) groups excluding carboxylic acids is 2. The van der Waals surface area contributed by atoms with Crippen LogP contribution in [0.3, 0.4) is 0 Å². The summed E-state index contributed by atoms with van der Waals surface area (Å²) in [7, 11) is 2.33. The summed E-state index contributed by atoms with van der Waals surface area (Å²) in [5.74, 6) is -1.48. The zero-order valence-electron chi connectivity index (χ0n) is 9.73. The number of hydrogen-bond donors (Lipinski definition) is 0. The molecule has 0 fully saturated rings. The fourth-order valence-corrected chi connectivity index (χ4v) is 1.28. The molecule has 0 aliphatic carbocycles. The fraction of sp³-hybridized carbons (Fsp3) is 0.200. The largest absolute Gasteiger partial charge is 0.277 e. The van der Waals surface area contributed by atoms with Gasteiger partial charge in [0.15, 0.2) is 0 Å². The molecule has 8 nitrogen and oxygen atoms in total. The van der Waals surface area contributed by atoms with E-state index in [1.165, 1.54) is 24.3 Å². The first-order chi connectivity index (χ1) is 8.52. The maximum Gasteiger partial charge on any atom is 0.277 e. The third-order valence-corrected chi connectivity index (χ3v) is 2.22. The molecule has 8 heteroatoms. The third kappa shape index (κ3) is 2.54. The van der Waals surface area contributed by atoms with Crippen molar-refractivity contribution < 1.29 is 9.59 Å². The van der Waals surface area contributed by atoms with E-state index >= 15 is 0 Å². The maximum absolute atomic E-state index is 11.8. The zero-order chi connectivity index (χ0) is 13.7. The maximum atomic E-state index is 11.8. The lowest BCUT2D eigenvalue weighted by Crippen LogP contribution is -2.27. The SMILES string of the molecule is CN(N=O)C(=O)c1ccccc1C(=O)N(C)N=O. The van der Waals surface area contributed by atoms with Crippen LogP contribution in [0.2, 0.25) is 0 Å². The number of nitroso groups, excluding NO2 is 2. The van der Waals surface area contributed by atoms with Gasteiger partial charge in [-0.1, -0.05) is 12.1 Å². The molecule has 0 heterocycles. The second-order valence-corrected chi connectivity index (χ2v) is 3.37. The van der Waals surface area contributed by atoms with Crippen LogP contribution in [0.25, 0.3) is 0 Å². The van der Waals surface area contributed by atoms with Crippen LogP contribution in [0.4, 0.5) is 0 Å². The lowest BCUT2D eigenvalue weighted by molar-refractivity contribution is 0.0758. The van der Waals surface area contributed by atoms with Crippen molar-refractivity contribution in [2.24, 2.45) is 10.6 Å². The van der Waals surface area contributed by atoms with Gasteiger partial charge in [-0.05, 0) is 12.1 Å². The van der Waals surface area contributed by atoms with Gasteiger partial charge in [-0.3, -0.25) is 9.59 Å². The monoisotopic (exact) mass is 250 g/mol. The molecule has 18 heavy (non-hydrogen) atoms. The van der Waals surface area contributed by atoms with Crippen molar-refractivity contribution >= 4 is 11.8 Å². The Morgan fingerprint density at radius 1 is 0.889 bits per heavy atom. The van der Waals surface area contributed by atoms with Gasteiger partial charge in [0.25, 0.3) is 11.8 Å². The molecule has 0 aromatic heterocycles.